The van der Waals surface area contributed by atoms with E-state index >= 15 is 0 Å². The maximum Gasteiger partial charge on any atom is 0.332 e. The Hall–Kier alpha value is -2.96. The van der Waals surface area contributed by atoms with Gasteiger partial charge < -0.3 is 0 Å². The Bertz CT molecular complexity index is 1280. The van der Waals surface area contributed by atoms with Crippen molar-refractivity contribution >= 4 is 34.2 Å². The Labute approximate surface area is 169 Å². The Morgan fingerprint density at radius 1 is 0.857 bits per heavy atom. The fourth-order valence-electron chi connectivity index (χ4n) is 3.01. The zero-order chi connectivity index (χ0) is 19.7. The highest BCUT2D eigenvalue weighted by Gasteiger charge is 2.16. The first-order valence-corrected chi connectivity index (χ1v) is 9.22. The zero-order valence-electron chi connectivity index (χ0n) is 14.5. The van der Waals surface area contributed by atoms with Gasteiger partial charge in [0.15, 0.2) is 5.52 Å². The monoisotopic (exact) mass is 412 g/mol. The first-order chi connectivity index (χ1) is 13.5. The number of aromatic nitrogens is 4. The molecule has 0 aliphatic carbocycles. The van der Waals surface area contributed by atoms with Crippen LogP contribution in [0.3, 0.4) is 0 Å². The standard InChI is InChI=1S/C20H14Cl2N4O2/c21-14-7-6-13(16(22)10-14)11-25-17-5-3-9-24-18(17)19(27)26(20(25)28)12-15-4-1-2-8-23-15/h1-10H,11-12H2. The van der Waals surface area contributed by atoms with Crippen LogP contribution >= 0.6 is 23.2 Å². The van der Waals surface area contributed by atoms with Crippen molar-refractivity contribution in [3.05, 3.63) is 103 Å². The van der Waals surface area contributed by atoms with Gasteiger partial charge in [-0.2, -0.15) is 0 Å². The summed E-state index contributed by atoms with van der Waals surface area (Å²) in [5.74, 6) is 0. The molecule has 0 bridgehead atoms. The average molecular weight is 413 g/mol. The Kier molecular flexibility index (Phi) is 4.98. The molecule has 0 atom stereocenters. The lowest BCUT2D eigenvalue weighted by atomic mass is 10.2. The van der Waals surface area contributed by atoms with Crippen LogP contribution in [0.1, 0.15) is 11.3 Å². The van der Waals surface area contributed by atoms with E-state index in [9.17, 15) is 9.59 Å². The van der Waals surface area contributed by atoms with E-state index in [4.69, 9.17) is 23.2 Å². The van der Waals surface area contributed by atoms with E-state index in [1.807, 2.05) is 0 Å². The van der Waals surface area contributed by atoms with Crippen molar-refractivity contribution in [2.75, 3.05) is 0 Å². The van der Waals surface area contributed by atoms with E-state index < -0.39 is 11.2 Å². The van der Waals surface area contributed by atoms with Gasteiger partial charge in [0, 0.05) is 22.4 Å². The van der Waals surface area contributed by atoms with E-state index in [-0.39, 0.29) is 18.6 Å². The molecule has 0 radical (unpaired) electrons. The summed E-state index contributed by atoms with van der Waals surface area (Å²) in [5.41, 5.74) is 1.06. The van der Waals surface area contributed by atoms with Crippen LogP contribution in [-0.4, -0.2) is 19.1 Å². The van der Waals surface area contributed by atoms with Crippen LogP contribution in [0.25, 0.3) is 11.0 Å². The molecule has 4 rings (SSSR count). The summed E-state index contributed by atoms with van der Waals surface area (Å²) in [6, 6.07) is 13.8. The Morgan fingerprint density at radius 2 is 1.68 bits per heavy atom. The van der Waals surface area contributed by atoms with Gasteiger partial charge in [-0.25, -0.2) is 9.78 Å². The predicted molar refractivity (Wildman–Crippen MR) is 109 cm³/mol. The van der Waals surface area contributed by atoms with E-state index in [2.05, 4.69) is 9.97 Å². The summed E-state index contributed by atoms with van der Waals surface area (Å²) >= 11 is 12.3. The zero-order valence-corrected chi connectivity index (χ0v) is 16.1. The number of fused-ring (bicyclic) bond motifs is 1. The summed E-state index contributed by atoms with van der Waals surface area (Å²) in [6.07, 6.45) is 3.14. The lowest BCUT2D eigenvalue weighted by Crippen LogP contribution is -2.41. The van der Waals surface area contributed by atoms with Crippen LogP contribution in [0.2, 0.25) is 10.0 Å². The highest BCUT2D eigenvalue weighted by Crippen LogP contribution is 2.22. The highest BCUT2D eigenvalue weighted by molar-refractivity contribution is 6.35. The number of rotatable bonds is 4. The third kappa shape index (κ3) is 3.44. The number of hydrogen-bond donors (Lipinski definition) is 0. The number of halogens is 2. The van der Waals surface area contributed by atoms with Gasteiger partial charge in [-0.05, 0) is 42.0 Å². The summed E-state index contributed by atoms with van der Waals surface area (Å²) in [7, 11) is 0. The van der Waals surface area contributed by atoms with Crippen LogP contribution < -0.4 is 11.2 Å². The molecule has 6 nitrogen and oxygen atoms in total. The molecule has 0 fully saturated rings. The normalized spacial score (nSPS) is 11.1. The summed E-state index contributed by atoms with van der Waals surface area (Å²) in [6.45, 7) is 0.235. The van der Waals surface area contributed by atoms with Gasteiger partial charge in [-0.15, -0.1) is 0 Å². The third-order valence-corrected chi connectivity index (χ3v) is 4.96. The van der Waals surface area contributed by atoms with Gasteiger partial charge in [0.1, 0.15) is 0 Å². The number of pyridine rings is 2. The maximum absolute atomic E-state index is 13.2. The molecule has 3 heterocycles. The van der Waals surface area contributed by atoms with Crippen LogP contribution in [-0.2, 0) is 13.1 Å². The Morgan fingerprint density at radius 3 is 2.43 bits per heavy atom. The van der Waals surface area contributed by atoms with Crippen molar-refractivity contribution in [2.45, 2.75) is 13.1 Å². The highest BCUT2D eigenvalue weighted by atomic mass is 35.5. The number of hydrogen-bond acceptors (Lipinski definition) is 4. The van der Waals surface area contributed by atoms with Gasteiger partial charge in [0.25, 0.3) is 5.56 Å². The summed E-state index contributed by atoms with van der Waals surface area (Å²) in [4.78, 5) is 34.5. The molecule has 140 valence electrons. The average Bonchev–Trinajstić information content (AvgIpc) is 2.71. The molecular formula is C20H14Cl2N4O2. The molecule has 0 N–H and O–H groups in total. The number of benzene rings is 1. The molecule has 0 unspecified atom stereocenters. The van der Waals surface area contributed by atoms with Crippen molar-refractivity contribution in [3.63, 3.8) is 0 Å². The van der Waals surface area contributed by atoms with Gasteiger partial charge in [0.2, 0.25) is 0 Å². The van der Waals surface area contributed by atoms with Gasteiger partial charge >= 0.3 is 5.69 Å². The second-order valence-electron chi connectivity index (χ2n) is 6.19. The van der Waals surface area contributed by atoms with Crippen molar-refractivity contribution in [3.8, 4) is 0 Å². The second kappa shape index (κ2) is 7.58. The SMILES string of the molecule is O=c1c2ncccc2n(Cc2ccc(Cl)cc2Cl)c(=O)n1Cc1ccccn1. The van der Waals surface area contributed by atoms with Gasteiger partial charge in [-0.1, -0.05) is 35.3 Å². The van der Waals surface area contributed by atoms with Crippen molar-refractivity contribution in [2.24, 2.45) is 0 Å². The molecule has 0 amide bonds. The first kappa shape index (κ1) is 18.4. The Balaban J connectivity index is 1.92. The molecule has 0 saturated heterocycles. The minimum Gasteiger partial charge on any atom is -0.287 e. The number of nitrogens with zero attached hydrogens (tertiary/aromatic N) is 4. The summed E-state index contributed by atoms with van der Waals surface area (Å²) in [5, 5.41) is 0.951. The second-order valence-corrected chi connectivity index (χ2v) is 7.03. The van der Waals surface area contributed by atoms with E-state index in [0.29, 0.717) is 26.8 Å². The smallest absolute Gasteiger partial charge is 0.287 e. The van der Waals surface area contributed by atoms with Crippen LogP contribution in [0.15, 0.2) is 70.5 Å². The van der Waals surface area contributed by atoms with Crippen molar-refractivity contribution in [1.29, 1.82) is 0 Å². The molecule has 1 aromatic carbocycles. The van der Waals surface area contributed by atoms with Crippen LogP contribution in [0.4, 0.5) is 0 Å². The molecule has 28 heavy (non-hydrogen) atoms. The van der Waals surface area contributed by atoms with Crippen LogP contribution in [0, 0.1) is 0 Å². The quantitative estimate of drug-likeness (QED) is 0.515. The molecule has 0 aliphatic heterocycles. The molecule has 3 aromatic heterocycles. The fraction of sp³-hybridized carbons (Fsp3) is 0.100. The third-order valence-electron chi connectivity index (χ3n) is 4.38. The van der Waals surface area contributed by atoms with Gasteiger partial charge in [-0.3, -0.25) is 18.9 Å². The first-order valence-electron chi connectivity index (χ1n) is 8.47. The summed E-state index contributed by atoms with van der Waals surface area (Å²) < 4.78 is 2.63. The fourth-order valence-corrected chi connectivity index (χ4v) is 3.48. The largest absolute Gasteiger partial charge is 0.332 e. The van der Waals surface area contributed by atoms with Crippen molar-refractivity contribution in [1.82, 2.24) is 19.1 Å². The van der Waals surface area contributed by atoms with E-state index in [1.54, 1.807) is 54.7 Å². The van der Waals surface area contributed by atoms with E-state index in [0.717, 1.165) is 4.57 Å². The minimum absolute atomic E-state index is 0.0549. The van der Waals surface area contributed by atoms with Gasteiger partial charge in [0.05, 0.1) is 24.3 Å². The molecule has 0 aliphatic rings. The lowest BCUT2D eigenvalue weighted by molar-refractivity contribution is 0.626. The molecular weight excluding hydrogens is 399 g/mol. The lowest BCUT2D eigenvalue weighted by Gasteiger charge is -2.14. The topological polar surface area (TPSA) is 69.8 Å². The van der Waals surface area contributed by atoms with Crippen molar-refractivity contribution < 1.29 is 0 Å². The molecule has 0 spiro atoms. The molecule has 8 heteroatoms. The van der Waals surface area contributed by atoms with Crippen LogP contribution in [0.5, 0.6) is 0 Å². The molecule has 4 aromatic rings. The maximum atomic E-state index is 13.2. The molecule has 0 saturated carbocycles. The van der Waals surface area contributed by atoms with E-state index in [1.165, 1.54) is 10.8 Å². The minimum atomic E-state index is -0.456. The predicted octanol–water partition coefficient (Wildman–Crippen LogP) is 3.36.